The highest BCUT2D eigenvalue weighted by Crippen LogP contribution is 2.30. The Morgan fingerprint density at radius 2 is 2.00 bits per heavy atom. The normalized spacial score (nSPS) is 11.2. The number of amides is 3. The lowest BCUT2D eigenvalue weighted by atomic mass is 10.3. The number of urea groups is 1. The van der Waals surface area contributed by atoms with Crippen LogP contribution in [0.25, 0.3) is 5.69 Å². The molecule has 0 bridgehead atoms. The minimum atomic E-state index is -4.67. The van der Waals surface area contributed by atoms with Crippen LogP contribution in [0.15, 0.2) is 48.7 Å². The van der Waals surface area contributed by atoms with Crippen molar-refractivity contribution in [3.8, 4) is 5.69 Å². The zero-order valence-electron chi connectivity index (χ0n) is 18.9. The van der Waals surface area contributed by atoms with Crippen molar-refractivity contribution in [1.82, 2.24) is 25.0 Å². The van der Waals surface area contributed by atoms with Gasteiger partial charge in [-0.2, -0.15) is 18.3 Å². The summed E-state index contributed by atoms with van der Waals surface area (Å²) in [6.07, 6.45) is -4.46. The maximum atomic E-state index is 13.2. The second-order valence-corrected chi connectivity index (χ2v) is 7.89. The van der Waals surface area contributed by atoms with Gasteiger partial charge >= 0.3 is 18.3 Å². The number of hydrogen-bond acceptors (Lipinski definition) is 5. The fraction of sp³-hybridized carbons (Fsp3) is 0.273. The molecular formula is C22H22ClF3N6O4. The average molecular weight is 527 g/mol. The van der Waals surface area contributed by atoms with E-state index in [-0.39, 0.29) is 31.9 Å². The summed E-state index contributed by atoms with van der Waals surface area (Å²) in [5.74, 6) is 0. The fourth-order valence-corrected chi connectivity index (χ4v) is 3.28. The van der Waals surface area contributed by atoms with Gasteiger partial charge in [-0.1, -0.05) is 17.7 Å². The molecule has 0 unspecified atom stereocenters. The summed E-state index contributed by atoms with van der Waals surface area (Å²) in [5, 5.41) is 18.2. The molecule has 192 valence electrons. The molecule has 2 aromatic heterocycles. The Hall–Kier alpha value is -3.84. The van der Waals surface area contributed by atoms with Gasteiger partial charge in [0.1, 0.15) is 0 Å². The number of nitrogens with one attached hydrogen (secondary N) is 2. The van der Waals surface area contributed by atoms with Crippen LogP contribution >= 0.6 is 11.6 Å². The van der Waals surface area contributed by atoms with Crippen LogP contribution in [-0.2, 0) is 24.0 Å². The van der Waals surface area contributed by atoms with Gasteiger partial charge < -0.3 is 25.4 Å². The van der Waals surface area contributed by atoms with Gasteiger partial charge in [-0.3, -0.25) is 4.98 Å². The zero-order valence-corrected chi connectivity index (χ0v) is 19.7. The second-order valence-electron chi connectivity index (χ2n) is 7.45. The fourth-order valence-electron chi connectivity index (χ4n) is 3.09. The minimum absolute atomic E-state index is 0.0280. The van der Waals surface area contributed by atoms with Crippen molar-refractivity contribution >= 4 is 29.4 Å². The van der Waals surface area contributed by atoms with E-state index in [1.807, 2.05) is 0 Å². The number of ether oxygens (including phenoxy) is 1. The number of carboxylic acid groups (broad SMARTS) is 1. The summed E-state index contributed by atoms with van der Waals surface area (Å²) < 4.78 is 45.6. The van der Waals surface area contributed by atoms with Gasteiger partial charge in [0.05, 0.1) is 48.7 Å². The molecule has 1 aromatic carbocycles. The summed E-state index contributed by atoms with van der Waals surface area (Å²) in [4.78, 5) is 28.9. The molecule has 3 aromatic rings. The molecule has 3 amide bonds. The summed E-state index contributed by atoms with van der Waals surface area (Å²) >= 11 is 5.95. The molecule has 0 aliphatic carbocycles. The Kier molecular flexibility index (Phi) is 8.72. The first-order valence-electron chi connectivity index (χ1n) is 10.5. The van der Waals surface area contributed by atoms with Gasteiger partial charge in [-0.25, -0.2) is 14.3 Å². The highest BCUT2D eigenvalue weighted by atomic mass is 35.5. The Labute approximate surface area is 208 Å². The molecule has 3 rings (SSSR count). The van der Waals surface area contributed by atoms with Gasteiger partial charge in [0.25, 0.3) is 0 Å². The smallest absolute Gasteiger partial charge is 0.435 e. The number of rotatable bonds is 9. The van der Waals surface area contributed by atoms with Crippen molar-refractivity contribution in [1.29, 1.82) is 0 Å². The minimum Gasteiger partial charge on any atom is -0.465 e. The van der Waals surface area contributed by atoms with Crippen LogP contribution in [0.4, 0.5) is 28.4 Å². The molecule has 3 N–H and O–H groups in total. The third-order valence-electron chi connectivity index (χ3n) is 4.83. The van der Waals surface area contributed by atoms with E-state index in [1.54, 1.807) is 18.2 Å². The van der Waals surface area contributed by atoms with Crippen molar-refractivity contribution in [3.05, 3.63) is 70.8 Å². The average Bonchev–Trinajstić information content (AvgIpc) is 3.26. The third-order valence-corrected chi connectivity index (χ3v) is 5.06. The molecule has 10 nitrogen and oxygen atoms in total. The summed E-state index contributed by atoms with van der Waals surface area (Å²) in [7, 11) is 1.46. The van der Waals surface area contributed by atoms with Crippen LogP contribution in [0.3, 0.4) is 0 Å². The van der Waals surface area contributed by atoms with E-state index in [4.69, 9.17) is 16.3 Å². The number of nitrogens with zero attached hydrogens (tertiary/aromatic N) is 4. The Morgan fingerprint density at radius 3 is 2.61 bits per heavy atom. The Bertz CT molecular complexity index is 1200. The maximum absolute atomic E-state index is 13.2. The van der Waals surface area contributed by atoms with Gasteiger partial charge in [0.15, 0.2) is 5.69 Å². The number of aromatic nitrogens is 3. The Balaban J connectivity index is 1.65. The van der Waals surface area contributed by atoms with Crippen LogP contribution in [0, 0.1) is 0 Å². The maximum Gasteiger partial charge on any atom is 0.435 e. The van der Waals surface area contributed by atoms with Crippen molar-refractivity contribution in [3.63, 3.8) is 0 Å². The van der Waals surface area contributed by atoms with Crippen LogP contribution in [-0.4, -0.2) is 57.2 Å². The molecule has 0 atom stereocenters. The lowest BCUT2D eigenvalue weighted by Gasteiger charge is -2.18. The van der Waals surface area contributed by atoms with Crippen LogP contribution in [0.2, 0.25) is 5.02 Å². The summed E-state index contributed by atoms with van der Waals surface area (Å²) in [6, 6.07) is 9.35. The predicted molar refractivity (Wildman–Crippen MR) is 124 cm³/mol. The number of carbonyl (C=O) groups is 2. The SMILES string of the molecule is COCCN(Cc1ccc(NC(=O)NCc2cc(C(F)(F)F)nn2-c2cccc(Cl)c2)cn1)C(=O)O. The van der Waals surface area contributed by atoms with E-state index >= 15 is 0 Å². The molecule has 0 fully saturated rings. The van der Waals surface area contributed by atoms with E-state index < -0.39 is 24.0 Å². The standard InChI is InChI=1S/C22H22ClF3N6O4/c1-36-8-7-31(21(34)35)13-16-6-5-15(11-27-16)29-20(33)28-12-18-10-19(22(24,25)26)30-32(18)17-4-2-3-14(23)9-17/h2-6,9-11H,7-8,12-13H2,1H3,(H,34,35)(H2,28,29,33). The molecule has 0 saturated carbocycles. The quantitative estimate of drug-likeness (QED) is 0.380. The van der Waals surface area contributed by atoms with E-state index in [9.17, 15) is 27.9 Å². The van der Waals surface area contributed by atoms with Gasteiger partial charge in [0.2, 0.25) is 0 Å². The summed E-state index contributed by atoms with van der Waals surface area (Å²) in [5.41, 5.74) is 0.0215. The molecule has 0 saturated heterocycles. The van der Waals surface area contributed by atoms with E-state index in [0.717, 1.165) is 15.6 Å². The van der Waals surface area contributed by atoms with E-state index in [2.05, 4.69) is 20.7 Å². The lowest BCUT2D eigenvalue weighted by Crippen LogP contribution is -2.32. The van der Waals surface area contributed by atoms with Crippen molar-refractivity contribution in [2.24, 2.45) is 0 Å². The molecule has 2 heterocycles. The molecule has 0 aliphatic heterocycles. The number of pyridine rings is 1. The van der Waals surface area contributed by atoms with Crippen molar-refractivity contribution < 1.29 is 32.6 Å². The third kappa shape index (κ3) is 7.33. The number of halogens is 4. The van der Waals surface area contributed by atoms with Crippen LogP contribution in [0.5, 0.6) is 0 Å². The number of benzene rings is 1. The number of hydrogen-bond donors (Lipinski definition) is 3. The number of methoxy groups -OCH3 is 1. The first-order valence-corrected chi connectivity index (χ1v) is 10.8. The van der Waals surface area contributed by atoms with Gasteiger partial charge in [0, 0.05) is 18.7 Å². The first kappa shape index (κ1) is 26.8. The largest absolute Gasteiger partial charge is 0.465 e. The topological polar surface area (TPSA) is 122 Å². The molecule has 0 aliphatic rings. The first-order chi connectivity index (χ1) is 17.1. The number of alkyl halides is 3. The summed E-state index contributed by atoms with van der Waals surface area (Å²) in [6.45, 7) is 0.157. The van der Waals surface area contributed by atoms with Crippen LogP contribution in [0.1, 0.15) is 17.1 Å². The predicted octanol–water partition coefficient (Wildman–Crippen LogP) is 4.39. The second kappa shape index (κ2) is 11.7. The number of carbonyl (C=O) groups excluding carboxylic acids is 1. The molecule has 36 heavy (non-hydrogen) atoms. The van der Waals surface area contributed by atoms with E-state index in [0.29, 0.717) is 22.1 Å². The van der Waals surface area contributed by atoms with Crippen LogP contribution < -0.4 is 10.6 Å². The van der Waals surface area contributed by atoms with E-state index in [1.165, 1.54) is 31.5 Å². The van der Waals surface area contributed by atoms with Crippen molar-refractivity contribution in [2.75, 3.05) is 25.6 Å². The molecule has 0 radical (unpaired) electrons. The monoisotopic (exact) mass is 526 g/mol. The lowest BCUT2D eigenvalue weighted by molar-refractivity contribution is -0.141. The number of anilines is 1. The zero-order chi connectivity index (χ0) is 26.3. The van der Waals surface area contributed by atoms with Crippen molar-refractivity contribution in [2.45, 2.75) is 19.3 Å². The van der Waals surface area contributed by atoms with Gasteiger partial charge in [-0.05, 0) is 36.4 Å². The highest BCUT2D eigenvalue weighted by Gasteiger charge is 2.35. The Morgan fingerprint density at radius 1 is 1.22 bits per heavy atom. The molecule has 0 spiro atoms. The highest BCUT2D eigenvalue weighted by molar-refractivity contribution is 6.30. The van der Waals surface area contributed by atoms with Gasteiger partial charge in [-0.15, -0.1) is 0 Å². The molecular weight excluding hydrogens is 505 g/mol. The molecule has 14 heteroatoms.